The molecule has 1 heterocycles. The van der Waals surface area contributed by atoms with Crippen molar-refractivity contribution in [1.29, 1.82) is 0 Å². The Morgan fingerprint density at radius 3 is 2.62 bits per heavy atom. The van der Waals surface area contributed by atoms with Crippen molar-refractivity contribution in [1.82, 2.24) is 10.3 Å². The van der Waals surface area contributed by atoms with Crippen molar-refractivity contribution >= 4 is 6.09 Å². The second-order valence-electron chi connectivity index (χ2n) is 8.70. The molecule has 0 spiro atoms. The highest BCUT2D eigenvalue weighted by Gasteiger charge is 2.25. The number of amides is 1. The highest BCUT2D eigenvalue weighted by atomic mass is 19.3. The Morgan fingerprint density at radius 2 is 2.03 bits per heavy atom. The van der Waals surface area contributed by atoms with Crippen molar-refractivity contribution in [3.8, 4) is 23.0 Å². The van der Waals surface area contributed by atoms with E-state index in [-0.39, 0.29) is 23.9 Å². The molecule has 32 heavy (non-hydrogen) atoms. The number of benzene rings is 1. The monoisotopic (exact) mass is 453 g/mol. The highest BCUT2D eigenvalue weighted by molar-refractivity contribution is 5.68. The number of nitrogens with one attached hydrogen (secondary N) is 1. The van der Waals surface area contributed by atoms with Crippen molar-refractivity contribution < 1.29 is 32.2 Å². The Morgan fingerprint density at radius 1 is 1.31 bits per heavy atom. The minimum atomic E-state index is -2.97. The Hall–Kier alpha value is -2.88. The first kappa shape index (κ1) is 23.8. The van der Waals surface area contributed by atoms with Gasteiger partial charge in [-0.05, 0) is 64.7 Å². The van der Waals surface area contributed by atoms with Gasteiger partial charge in [0.1, 0.15) is 5.60 Å². The summed E-state index contributed by atoms with van der Waals surface area (Å²) in [5.74, 6) is 1.15. The lowest BCUT2D eigenvalue weighted by Crippen LogP contribution is -2.34. The fraction of sp³-hybridized carbons (Fsp3) is 0.545. The number of oxazole rings is 1. The van der Waals surface area contributed by atoms with E-state index in [1.807, 2.05) is 0 Å². The molecule has 1 fully saturated rings. The molecule has 1 aromatic carbocycles. The zero-order valence-electron chi connectivity index (χ0n) is 18.6. The van der Waals surface area contributed by atoms with Gasteiger partial charge in [-0.15, -0.1) is 0 Å². The van der Waals surface area contributed by atoms with Gasteiger partial charge in [-0.25, -0.2) is 9.78 Å². The Labute approximate surface area is 185 Å². The zero-order chi connectivity index (χ0) is 23.5. The molecule has 1 amide bonds. The molecule has 0 saturated heterocycles. The first-order valence-corrected chi connectivity index (χ1v) is 10.5. The van der Waals surface area contributed by atoms with Crippen LogP contribution < -0.4 is 20.5 Å². The number of alkyl halides is 2. The molecule has 8 nitrogen and oxygen atoms in total. The molecule has 3 rings (SSSR count). The van der Waals surface area contributed by atoms with Crippen LogP contribution in [-0.2, 0) is 11.3 Å². The van der Waals surface area contributed by atoms with Gasteiger partial charge in [-0.3, -0.25) is 0 Å². The Bertz CT molecular complexity index is 938. The minimum Gasteiger partial charge on any atom is -0.489 e. The molecule has 1 atom stereocenters. The number of ether oxygens (including phenoxy) is 3. The molecular formula is C22H29F2N3O5. The van der Waals surface area contributed by atoms with E-state index in [0.717, 1.165) is 12.8 Å². The van der Waals surface area contributed by atoms with Crippen LogP contribution >= 0.6 is 0 Å². The Balaban J connectivity index is 1.83. The fourth-order valence-electron chi connectivity index (χ4n) is 2.96. The smallest absolute Gasteiger partial charge is 0.408 e. The maximum absolute atomic E-state index is 12.8. The van der Waals surface area contributed by atoms with Crippen molar-refractivity contribution in [3.63, 3.8) is 0 Å². The van der Waals surface area contributed by atoms with E-state index in [1.165, 1.54) is 6.07 Å². The quantitative estimate of drug-likeness (QED) is 0.563. The average Bonchev–Trinajstić information content (AvgIpc) is 3.41. The van der Waals surface area contributed by atoms with Crippen LogP contribution in [0.25, 0.3) is 11.5 Å². The summed E-state index contributed by atoms with van der Waals surface area (Å²) < 4.78 is 47.0. The van der Waals surface area contributed by atoms with Crippen LogP contribution in [0.2, 0.25) is 0 Å². The van der Waals surface area contributed by atoms with Crippen LogP contribution in [0.5, 0.6) is 11.5 Å². The van der Waals surface area contributed by atoms with Crippen LogP contribution in [0, 0.1) is 5.92 Å². The number of aromatic nitrogens is 1. The molecule has 176 valence electrons. The summed E-state index contributed by atoms with van der Waals surface area (Å²) in [4.78, 5) is 16.5. The van der Waals surface area contributed by atoms with Crippen LogP contribution in [0.3, 0.4) is 0 Å². The van der Waals surface area contributed by atoms with E-state index >= 15 is 0 Å². The average molecular weight is 453 g/mol. The van der Waals surface area contributed by atoms with Crippen LogP contribution in [-0.4, -0.2) is 29.9 Å². The van der Waals surface area contributed by atoms with Gasteiger partial charge in [-0.2, -0.15) is 8.78 Å². The lowest BCUT2D eigenvalue weighted by Gasteiger charge is -2.21. The molecule has 0 unspecified atom stereocenters. The first-order valence-electron chi connectivity index (χ1n) is 10.5. The normalized spacial score (nSPS) is 14.9. The van der Waals surface area contributed by atoms with Gasteiger partial charge < -0.3 is 29.7 Å². The standard InChI is InChI=1S/C22H29F2N3O5/c1-12(26-21(28)32-22(2,3)4)18-15(10-25)27-19(31-18)14-7-8-16(30-20(23)24)17(9-14)29-11-13-5-6-13/h7-9,12-13,20H,5-6,10-11,25H2,1-4H3,(H,26,28)/t12-/m0/s1. The topological polar surface area (TPSA) is 109 Å². The third-order valence-corrected chi connectivity index (χ3v) is 4.63. The first-order chi connectivity index (χ1) is 15.1. The van der Waals surface area contributed by atoms with E-state index in [1.54, 1.807) is 39.8 Å². The number of carbonyl (C=O) groups excluding carboxylic acids is 1. The number of carbonyl (C=O) groups is 1. The molecule has 1 aromatic heterocycles. The van der Waals surface area contributed by atoms with Crippen molar-refractivity contribution in [3.05, 3.63) is 29.7 Å². The summed E-state index contributed by atoms with van der Waals surface area (Å²) in [6.45, 7) is 4.54. The number of nitrogens with zero attached hydrogens (tertiary/aromatic N) is 1. The van der Waals surface area contributed by atoms with Crippen molar-refractivity contribution in [2.75, 3.05) is 6.61 Å². The van der Waals surface area contributed by atoms with E-state index in [4.69, 9.17) is 19.6 Å². The summed E-state index contributed by atoms with van der Waals surface area (Å²) in [5, 5.41) is 2.70. The minimum absolute atomic E-state index is 0.0600. The maximum atomic E-state index is 12.8. The van der Waals surface area contributed by atoms with E-state index in [2.05, 4.69) is 15.0 Å². The second kappa shape index (κ2) is 9.72. The number of rotatable bonds is 9. The summed E-state index contributed by atoms with van der Waals surface area (Å²) >= 11 is 0. The fourth-order valence-corrected chi connectivity index (χ4v) is 2.96. The molecule has 1 aliphatic carbocycles. The van der Waals surface area contributed by atoms with Crippen molar-refractivity contribution in [2.24, 2.45) is 11.7 Å². The van der Waals surface area contributed by atoms with Crippen LogP contribution in [0.15, 0.2) is 22.6 Å². The number of alkyl carbamates (subject to hydrolysis) is 1. The molecule has 0 aliphatic heterocycles. The molecule has 10 heteroatoms. The predicted molar refractivity (Wildman–Crippen MR) is 112 cm³/mol. The lowest BCUT2D eigenvalue weighted by atomic mass is 10.2. The largest absolute Gasteiger partial charge is 0.489 e. The molecule has 1 saturated carbocycles. The maximum Gasteiger partial charge on any atom is 0.408 e. The van der Waals surface area contributed by atoms with Gasteiger partial charge in [0.2, 0.25) is 5.89 Å². The van der Waals surface area contributed by atoms with Crippen LogP contribution in [0.1, 0.15) is 58.0 Å². The summed E-state index contributed by atoms with van der Waals surface area (Å²) in [6.07, 6.45) is 1.50. The predicted octanol–water partition coefficient (Wildman–Crippen LogP) is 4.78. The molecule has 2 aromatic rings. The number of hydrogen-bond acceptors (Lipinski definition) is 7. The summed E-state index contributed by atoms with van der Waals surface area (Å²) in [7, 11) is 0. The van der Waals surface area contributed by atoms with Gasteiger partial charge >= 0.3 is 12.7 Å². The summed E-state index contributed by atoms with van der Waals surface area (Å²) in [5.41, 5.74) is 6.13. The molecule has 0 bridgehead atoms. The number of halogens is 2. The second-order valence-corrected chi connectivity index (χ2v) is 8.70. The lowest BCUT2D eigenvalue weighted by molar-refractivity contribution is -0.0515. The van der Waals surface area contributed by atoms with Gasteiger partial charge in [0.15, 0.2) is 17.3 Å². The zero-order valence-corrected chi connectivity index (χ0v) is 18.6. The molecule has 1 aliphatic rings. The third kappa shape index (κ3) is 6.56. The van der Waals surface area contributed by atoms with Crippen LogP contribution in [0.4, 0.5) is 13.6 Å². The molecule has 3 N–H and O–H groups in total. The third-order valence-electron chi connectivity index (χ3n) is 4.63. The molecule has 0 radical (unpaired) electrons. The SMILES string of the molecule is C[C@H](NC(=O)OC(C)(C)C)c1oc(-c2ccc(OC(F)F)c(OCC3CC3)c2)nc1CN. The summed E-state index contributed by atoms with van der Waals surface area (Å²) in [6, 6.07) is 3.92. The van der Waals surface area contributed by atoms with Gasteiger partial charge in [-0.1, -0.05) is 0 Å². The van der Waals surface area contributed by atoms with E-state index in [9.17, 15) is 13.6 Å². The van der Waals surface area contributed by atoms with Gasteiger partial charge in [0.25, 0.3) is 0 Å². The van der Waals surface area contributed by atoms with Gasteiger partial charge in [0, 0.05) is 12.1 Å². The highest BCUT2D eigenvalue weighted by Crippen LogP contribution is 2.37. The van der Waals surface area contributed by atoms with E-state index < -0.39 is 24.3 Å². The van der Waals surface area contributed by atoms with E-state index in [0.29, 0.717) is 29.5 Å². The number of hydrogen-bond donors (Lipinski definition) is 2. The van der Waals surface area contributed by atoms with Gasteiger partial charge in [0.05, 0.1) is 18.3 Å². The Kier molecular flexibility index (Phi) is 7.22. The number of nitrogens with two attached hydrogens (primary N) is 1. The molecular weight excluding hydrogens is 424 g/mol. The van der Waals surface area contributed by atoms with Crippen molar-refractivity contribution in [2.45, 2.75) is 65.3 Å².